The maximum Gasteiger partial charge on any atom is 0.209 e. The average molecular weight is 268 g/mol. The van der Waals surface area contributed by atoms with Crippen LogP contribution in [0.4, 0.5) is 5.69 Å². The van der Waals surface area contributed by atoms with E-state index in [9.17, 15) is 0 Å². The number of nitrogens with zero attached hydrogens (tertiary/aromatic N) is 1. The van der Waals surface area contributed by atoms with Gasteiger partial charge in [-0.1, -0.05) is 18.2 Å². The second-order valence-electron chi connectivity index (χ2n) is 4.70. The van der Waals surface area contributed by atoms with Gasteiger partial charge in [-0.15, -0.1) is 11.8 Å². The predicted molar refractivity (Wildman–Crippen MR) is 77.2 cm³/mol. The Morgan fingerprint density at radius 3 is 3.00 bits per heavy atom. The van der Waals surface area contributed by atoms with Gasteiger partial charge in [0, 0.05) is 10.6 Å². The van der Waals surface area contributed by atoms with Crippen molar-refractivity contribution in [2.24, 2.45) is 0 Å². The Balaban J connectivity index is 1.73. The number of aromatic nitrogens is 1. The fourth-order valence-corrected chi connectivity index (χ4v) is 3.65. The first kappa shape index (κ1) is 10.9. The molecule has 1 aliphatic heterocycles. The third-order valence-electron chi connectivity index (χ3n) is 3.35. The smallest absolute Gasteiger partial charge is 0.209 e. The first-order chi connectivity index (χ1) is 9.29. The van der Waals surface area contributed by atoms with Gasteiger partial charge >= 0.3 is 0 Å². The molecule has 2 aromatic carbocycles. The van der Waals surface area contributed by atoms with Crippen LogP contribution in [0.15, 0.2) is 51.8 Å². The Morgan fingerprint density at radius 2 is 2.11 bits per heavy atom. The van der Waals surface area contributed by atoms with Crippen molar-refractivity contribution in [1.29, 1.82) is 0 Å². The summed E-state index contributed by atoms with van der Waals surface area (Å²) in [4.78, 5) is 5.90. The van der Waals surface area contributed by atoms with Crippen molar-refractivity contribution in [2.75, 3.05) is 5.73 Å². The summed E-state index contributed by atoms with van der Waals surface area (Å²) in [5.74, 6) is 0.793. The van der Waals surface area contributed by atoms with Crippen molar-refractivity contribution >= 4 is 28.5 Å². The highest BCUT2D eigenvalue weighted by Gasteiger charge is 2.27. The third kappa shape index (κ3) is 1.79. The summed E-state index contributed by atoms with van der Waals surface area (Å²) in [7, 11) is 0. The Morgan fingerprint density at radius 1 is 1.21 bits per heavy atom. The van der Waals surface area contributed by atoms with Crippen molar-refractivity contribution < 1.29 is 4.42 Å². The number of thioether (sulfide) groups is 1. The number of anilines is 1. The normalized spacial score (nSPS) is 17.8. The predicted octanol–water partition coefficient (Wildman–Crippen LogP) is 3.80. The maximum absolute atomic E-state index is 5.85. The van der Waals surface area contributed by atoms with E-state index in [1.165, 1.54) is 10.5 Å². The topological polar surface area (TPSA) is 52.0 Å². The van der Waals surface area contributed by atoms with E-state index in [2.05, 4.69) is 29.2 Å². The number of nitrogen functional groups attached to an aromatic ring is 1. The lowest BCUT2D eigenvalue weighted by Gasteiger charge is -2.00. The van der Waals surface area contributed by atoms with Gasteiger partial charge < -0.3 is 10.2 Å². The van der Waals surface area contributed by atoms with Crippen LogP contribution in [0.2, 0.25) is 0 Å². The van der Waals surface area contributed by atoms with E-state index in [1.54, 1.807) is 0 Å². The minimum atomic E-state index is 0.269. The first-order valence-corrected chi connectivity index (χ1v) is 7.08. The van der Waals surface area contributed by atoms with Crippen LogP contribution >= 0.6 is 11.8 Å². The second kappa shape index (κ2) is 4.03. The zero-order chi connectivity index (χ0) is 12.8. The highest BCUT2D eigenvalue weighted by molar-refractivity contribution is 7.99. The van der Waals surface area contributed by atoms with Gasteiger partial charge in [-0.3, -0.25) is 0 Å². The first-order valence-electron chi connectivity index (χ1n) is 6.20. The van der Waals surface area contributed by atoms with Crippen molar-refractivity contribution in [3.8, 4) is 0 Å². The van der Waals surface area contributed by atoms with Crippen LogP contribution in [0.3, 0.4) is 0 Å². The molecule has 19 heavy (non-hydrogen) atoms. The van der Waals surface area contributed by atoms with Gasteiger partial charge in [0.05, 0.1) is 5.25 Å². The van der Waals surface area contributed by atoms with Gasteiger partial charge in [-0.2, -0.15) is 0 Å². The summed E-state index contributed by atoms with van der Waals surface area (Å²) in [6, 6.07) is 14.1. The Bertz CT molecular complexity index is 741. The Kier molecular flexibility index (Phi) is 2.32. The SMILES string of the molecule is Nc1ccc2oc(C3Cc4ccccc4S3)nc2c1. The number of nitrogens with two attached hydrogens (primary N) is 1. The van der Waals surface area contributed by atoms with E-state index in [1.807, 2.05) is 30.0 Å². The van der Waals surface area contributed by atoms with Gasteiger partial charge in [0.1, 0.15) is 5.52 Å². The molecule has 0 amide bonds. The number of hydrogen-bond acceptors (Lipinski definition) is 4. The molecule has 1 aliphatic rings. The minimum Gasteiger partial charge on any atom is -0.439 e. The molecule has 1 aromatic heterocycles. The van der Waals surface area contributed by atoms with Gasteiger partial charge in [0.2, 0.25) is 5.89 Å². The molecule has 0 spiro atoms. The summed E-state index contributed by atoms with van der Waals surface area (Å²) in [5.41, 5.74) is 9.51. The molecule has 0 aliphatic carbocycles. The molecule has 2 N–H and O–H groups in total. The van der Waals surface area contributed by atoms with Crippen molar-refractivity contribution in [1.82, 2.24) is 4.98 Å². The third-order valence-corrected chi connectivity index (χ3v) is 4.66. The molecule has 94 valence electrons. The molecular formula is C15H12N2OS. The largest absolute Gasteiger partial charge is 0.439 e. The van der Waals surface area contributed by atoms with Crippen LogP contribution in [0.5, 0.6) is 0 Å². The summed E-state index contributed by atoms with van der Waals surface area (Å²) in [6.07, 6.45) is 0.975. The monoisotopic (exact) mass is 268 g/mol. The Hall–Kier alpha value is -1.94. The standard InChI is InChI=1S/C15H12N2OS/c16-10-5-6-12-11(8-10)17-15(18-12)14-7-9-3-1-2-4-13(9)19-14/h1-6,8,14H,7,16H2. The van der Waals surface area contributed by atoms with E-state index in [4.69, 9.17) is 10.2 Å². The molecule has 4 heteroatoms. The minimum absolute atomic E-state index is 0.269. The van der Waals surface area contributed by atoms with Crippen molar-refractivity contribution in [2.45, 2.75) is 16.6 Å². The van der Waals surface area contributed by atoms with E-state index < -0.39 is 0 Å². The highest BCUT2D eigenvalue weighted by atomic mass is 32.2. The van der Waals surface area contributed by atoms with Crippen LogP contribution in [0.1, 0.15) is 16.7 Å². The molecule has 3 nitrogen and oxygen atoms in total. The van der Waals surface area contributed by atoms with Gasteiger partial charge in [0.25, 0.3) is 0 Å². The van der Waals surface area contributed by atoms with Crippen molar-refractivity contribution in [3.05, 3.63) is 53.9 Å². The lowest BCUT2D eigenvalue weighted by Crippen LogP contribution is -1.92. The number of hydrogen-bond donors (Lipinski definition) is 1. The summed E-state index contributed by atoms with van der Waals surface area (Å²) in [6.45, 7) is 0. The number of fused-ring (bicyclic) bond motifs is 2. The van der Waals surface area contributed by atoms with Crippen molar-refractivity contribution in [3.63, 3.8) is 0 Å². The molecule has 0 bridgehead atoms. The summed E-state index contributed by atoms with van der Waals surface area (Å²) in [5, 5.41) is 0.269. The van der Waals surface area contributed by atoms with Gasteiger partial charge in [0.15, 0.2) is 5.58 Å². The van der Waals surface area contributed by atoms with Crippen LogP contribution in [0, 0.1) is 0 Å². The zero-order valence-electron chi connectivity index (χ0n) is 10.2. The van der Waals surface area contributed by atoms with Gasteiger partial charge in [-0.25, -0.2) is 4.98 Å². The molecule has 2 heterocycles. The molecule has 0 fully saturated rings. The molecular weight excluding hydrogens is 256 g/mol. The van der Waals surface area contributed by atoms with Crippen LogP contribution < -0.4 is 5.73 Å². The van der Waals surface area contributed by atoms with Gasteiger partial charge in [-0.05, 0) is 36.2 Å². The van der Waals surface area contributed by atoms with E-state index in [-0.39, 0.29) is 5.25 Å². The molecule has 3 aromatic rings. The molecule has 0 radical (unpaired) electrons. The second-order valence-corrected chi connectivity index (χ2v) is 5.94. The Labute approximate surface area is 114 Å². The average Bonchev–Trinajstić information content (AvgIpc) is 3.00. The summed E-state index contributed by atoms with van der Waals surface area (Å²) >= 11 is 1.82. The quantitative estimate of drug-likeness (QED) is 0.682. The number of benzene rings is 2. The fraction of sp³-hybridized carbons (Fsp3) is 0.133. The zero-order valence-corrected chi connectivity index (χ0v) is 11.0. The summed E-state index contributed by atoms with van der Waals surface area (Å²) < 4.78 is 5.85. The molecule has 1 atom stereocenters. The molecule has 0 saturated carbocycles. The molecule has 1 unspecified atom stereocenters. The molecule has 0 saturated heterocycles. The van der Waals surface area contributed by atoms with E-state index in [0.29, 0.717) is 0 Å². The fourth-order valence-electron chi connectivity index (χ4n) is 2.42. The number of rotatable bonds is 1. The molecule has 4 rings (SSSR count). The lowest BCUT2D eigenvalue weighted by molar-refractivity contribution is 0.525. The maximum atomic E-state index is 5.85. The van der Waals surface area contributed by atoms with Crippen LogP contribution in [-0.2, 0) is 6.42 Å². The van der Waals surface area contributed by atoms with Crippen LogP contribution in [0.25, 0.3) is 11.1 Å². The number of oxazole rings is 1. The lowest BCUT2D eigenvalue weighted by atomic mass is 10.1. The van der Waals surface area contributed by atoms with Crippen LogP contribution in [-0.4, -0.2) is 4.98 Å². The highest BCUT2D eigenvalue weighted by Crippen LogP contribution is 2.46. The van der Waals surface area contributed by atoms with E-state index >= 15 is 0 Å². The van der Waals surface area contributed by atoms with E-state index in [0.717, 1.165) is 29.1 Å².